The maximum Gasteiger partial charge on any atom is 0.409 e. The van der Waals surface area contributed by atoms with Crippen molar-refractivity contribution in [2.24, 2.45) is 5.73 Å². The number of halogens is 1. The number of anilines is 1. The lowest BCUT2D eigenvalue weighted by atomic mass is 10.0. The van der Waals surface area contributed by atoms with Crippen molar-refractivity contribution in [3.63, 3.8) is 0 Å². The highest BCUT2D eigenvalue weighted by Crippen LogP contribution is 2.30. The first kappa shape index (κ1) is 21.9. The van der Waals surface area contributed by atoms with Crippen LogP contribution in [0.25, 0.3) is 17.0 Å². The minimum absolute atomic E-state index is 0. The second kappa shape index (κ2) is 9.07. The molecular weight excluding hydrogens is 431 g/mol. The van der Waals surface area contributed by atoms with Gasteiger partial charge in [-0.25, -0.2) is 9.18 Å². The number of nitrogens with zero attached hydrogens (tertiary/aromatic N) is 4. The van der Waals surface area contributed by atoms with Gasteiger partial charge in [0.15, 0.2) is 0 Å². The van der Waals surface area contributed by atoms with Crippen molar-refractivity contribution < 1.29 is 24.7 Å². The normalized spacial score (nSPS) is 14.0. The van der Waals surface area contributed by atoms with Crippen LogP contribution in [-0.2, 0) is 9.53 Å². The Kier molecular flexibility index (Phi) is 6.03. The molecule has 172 valence electrons. The summed E-state index contributed by atoms with van der Waals surface area (Å²) in [6, 6.07) is 7.91. The number of pyridine rings is 1. The summed E-state index contributed by atoms with van der Waals surface area (Å²) in [5.74, 6) is -0.723. The molecule has 0 radical (unpaired) electrons. The molecule has 0 aliphatic carbocycles. The van der Waals surface area contributed by atoms with E-state index in [2.05, 4.69) is 25.2 Å². The van der Waals surface area contributed by atoms with Gasteiger partial charge in [-0.05, 0) is 31.2 Å². The number of aromatic nitrogens is 3. The molecule has 2 aromatic heterocycles. The molecule has 4 rings (SSSR count). The number of carbonyl (C=O) groups excluding carboxylic acids is 2. The maximum atomic E-state index is 14.7. The third kappa shape index (κ3) is 4.38. The molecule has 1 fully saturated rings. The maximum absolute atomic E-state index is 14.7. The summed E-state index contributed by atoms with van der Waals surface area (Å²) in [7, 11) is 1.31. The van der Waals surface area contributed by atoms with Gasteiger partial charge in [0, 0.05) is 43.7 Å². The second-order valence-electron chi connectivity index (χ2n) is 7.41. The Morgan fingerprint density at radius 1 is 1.36 bits per heavy atom. The fourth-order valence-electron chi connectivity index (χ4n) is 3.36. The van der Waals surface area contributed by atoms with Crippen LogP contribution >= 0.6 is 0 Å². The van der Waals surface area contributed by atoms with Gasteiger partial charge in [-0.3, -0.25) is 9.78 Å². The van der Waals surface area contributed by atoms with Crippen LogP contribution in [0.15, 0.2) is 47.3 Å². The Labute approximate surface area is 189 Å². The fourth-order valence-corrected chi connectivity index (χ4v) is 3.36. The van der Waals surface area contributed by atoms with Crippen LogP contribution in [-0.4, -0.2) is 52.2 Å². The lowest BCUT2D eigenvalue weighted by molar-refractivity contribution is -0.111. The second-order valence-corrected chi connectivity index (χ2v) is 7.41. The van der Waals surface area contributed by atoms with Crippen molar-refractivity contribution >= 4 is 23.3 Å². The molecule has 0 unspecified atom stereocenters. The van der Waals surface area contributed by atoms with Crippen LogP contribution in [0.1, 0.15) is 24.5 Å². The largest absolute Gasteiger partial charge is 0.453 e. The van der Waals surface area contributed by atoms with E-state index in [1.165, 1.54) is 24.3 Å². The number of amides is 2. The monoisotopic (exact) mass is 454 g/mol. The van der Waals surface area contributed by atoms with E-state index in [0.29, 0.717) is 30.2 Å². The smallest absolute Gasteiger partial charge is 0.409 e. The van der Waals surface area contributed by atoms with Gasteiger partial charge in [0.1, 0.15) is 5.82 Å². The SMILES string of the molecule is COC(=O)N1CC(c2nc(-c3cc(F)c(C)c(NC(=O)/C(=C/N)c4ccccn4)c3)no2)C1.[HH]. The summed E-state index contributed by atoms with van der Waals surface area (Å²) in [4.78, 5) is 34.2. The molecule has 11 heteroatoms. The Morgan fingerprint density at radius 2 is 2.15 bits per heavy atom. The number of methoxy groups -OCH3 is 1. The summed E-state index contributed by atoms with van der Waals surface area (Å²) >= 11 is 0. The first-order chi connectivity index (χ1) is 15.9. The number of ether oxygens (including phenoxy) is 1. The molecule has 0 spiro atoms. The summed E-state index contributed by atoms with van der Waals surface area (Å²) in [5, 5.41) is 6.60. The van der Waals surface area contributed by atoms with Crippen molar-refractivity contribution in [3.8, 4) is 11.4 Å². The van der Waals surface area contributed by atoms with Crippen LogP contribution in [0.2, 0.25) is 0 Å². The molecule has 33 heavy (non-hydrogen) atoms. The Morgan fingerprint density at radius 3 is 2.82 bits per heavy atom. The molecule has 1 aliphatic rings. The van der Waals surface area contributed by atoms with Gasteiger partial charge in [-0.1, -0.05) is 11.2 Å². The Bertz CT molecular complexity index is 1230. The minimum atomic E-state index is -0.550. The number of nitrogens with one attached hydrogen (secondary N) is 1. The standard InChI is InChI=1S/C22H21FN6O4.H2/c1-12-16(23)7-13(19-27-21(33-28-19)14-10-29(11-14)22(31)32-2)8-18(12)26-20(30)15(9-24)17-5-3-4-6-25-17;/h3-9,14H,10-11,24H2,1-2H3,(H,26,30);1H/b15-9+;. The molecule has 0 saturated carbocycles. The average molecular weight is 454 g/mol. The summed E-state index contributed by atoms with van der Waals surface area (Å²) < 4.78 is 24.6. The van der Waals surface area contributed by atoms with E-state index in [4.69, 9.17) is 10.3 Å². The molecule has 1 aromatic carbocycles. The first-order valence-electron chi connectivity index (χ1n) is 10.0. The van der Waals surface area contributed by atoms with Crippen molar-refractivity contribution in [3.05, 3.63) is 65.7 Å². The predicted octanol–water partition coefficient (Wildman–Crippen LogP) is 2.93. The van der Waals surface area contributed by atoms with Gasteiger partial charge in [0.2, 0.25) is 11.7 Å². The molecule has 0 bridgehead atoms. The quantitative estimate of drug-likeness (QED) is 0.562. The molecule has 1 saturated heterocycles. The number of carbonyl (C=O) groups is 2. The van der Waals surface area contributed by atoms with Gasteiger partial charge < -0.3 is 25.2 Å². The van der Waals surface area contributed by atoms with Crippen molar-refractivity contribution in [2.75, 3.05) is 25.5 Å². The van der Waals surface area contributed by atoms with Crippen molar-refractivity contribution in [1.82, 2.24) is 20.0 Å². The van der Waals surface area contributed by atoms with Crippen LogP contribution in [0.5, 0.6) is 0 Å². The molecule has 2 amide bonds. The zero-order valence-corrected chi connectivity index (χ0v) is 17.9. The number of likely N-dealkylation sites (tertiary alicyclic amines) is 1. The van der Waals surface area contributed by atoms with E-state index < -0.39 is 17.8 Å². The summed E-state index contributed by atoms with van der Waals surface area (Å²) in [5.41, 5.74) is 6.95. The molecule has 3 N–H and O–H groups in total. The Hall–Kier alpha value is -4.28. The van der Waals surface area contributed by atoms with Crippen LogP contribution in [0, 0.1) is 12.7 Å². The first-order valence-corrected chi connectivity index (χ1v) is 10.0. The fraction of sp³-hybridized carbons (Fsp3) is 0.227. The van der Waals surface area contributed by atoms with Gasteiger partial charge in [-0.2, -0.15) is 4.98 Å². The molecule has 3 aromatic rings. The zero-order valence-electron chi connectivity index (χ0n) is 17.9. The van der Waals surface area contributed by atoms with E-state index >= 15 is 0 Å². The Balaban J connectivity index is 0.00000324. The number of nitrogens with two attached hydrogens (primary N) is 1. The lowest BCUT2D eigenvalue weighted by Gasteiger charge is -2.35. The molecule has 10 nitrogen and oxygen atoms in total. The molecule has 1 aliphatic heterocycles. The average Bonchev–Trinajstić information content (AvgIpc) is 3.26. The number of hydrogen-bond donors (Lipinski definition) is 2. The number of rotatable bonds is 5. The van der Waals surface area contributed by atoms with Gasteiger partial charge in [-0.15, -0.1) is 0 Å². The van der Waals surface area contributed by atoms with E-state index in [0.717, 1.165) is 6.20 Å². The number of hydrogen-bond acceptors (Lipinski definition) is 8. The topological polar surface area (TPSA) is 136 Å². The van der Waals surface area contributed by atoms with E-state index in [9.17, 15) is 14.0 Å². The number of benzene rings is 1. The third-order valence-electron chi connectivity index (χ3n) is 5.31. The molecule has 0 atom stereocenters. The van der Waals surface area contributed by atoms with Crippen molar-refractivity contribution in [1.29, 1.82) is 0 Å². The van der Waals surface area contributed by atoms with Crippen LogP contribution < -0.4 is 11.1 Å². The van der Waals surface area contributed by atoms with E-state index in [1.807, 2.05) is 0 Å². The lowest BCUT2D eigenvalue weighted by Crippen LogP contribution is -2.48. The predicted molar refractivity (Wildman–Crippen MR) is 118 cm³/mol. The molecular formula is C22H23FN6O4. The van der Waals surface area contributed by atoms with Crippen molar-refractivity contribution in [2.45, 2.75) is 12.8 Å². The highest BCUT2D eigenvalue weighted by Gasteiger charge is 2.36. The zero-order chi connectivity index (χ0) is 23.5. The highest BCUT2D eigenvalue weighted by atomic mass is 19.1. The van der Waals surface area contributed by atoms with Crippen LogP contribution in [0.3, 0.4) is 0 Å². The van der Waals surface area contributed by atoms with E-state index in [-0.39, 0.29) is 30.0 Å². The van der Waals surface area contributed by atoms with Crippen LogP contribution in [0.4, 0.5) is 14.9 Å². The minimum Gasteiger partial charge on any atom is -0.453 e. The summed E-state index contributed by atoms with van der Waals surface area (Å²) in [6.45, 7) is 2.32. The molecule has 3 heterocycles. The highest BCUT2D eigenvalue weighted by molar-refractivity contribution is 6.24. The van der Waals surface area contributed by atoms with E-state index in [1.54, 1.807) is 31.2 Å². The van der Waals surface area contributed by atoms with Gasteiger partial charge >= 0.3 is 6.09 Å². The third-order valence-corrected chi connectivity index (χ3v) is 5.31. The van der Waals surface area contributed by atoms with Gasteiger partial charge in [0.05, 0.1) is 24.3 Å². The van der Waals surface area contributed by atoms with Gasteiger partial charge in [0.25, 0.3) is 5.91 Å². The summed E-state index contributed by atoms with van der Waals surface area (Å²) in [6.07, 6.45) is 2.26.